The lowest BCUT2D eigenvalue weighted by molar-refractivity contribution is 0.777. The predicted octanol–water partition coefficient (Wildman–Crippen LogP) is 3.42. The Bertz CT molecular complexity index is 548. The van der Waals surface area contributed by atoms with Gasteiger partial charge in [0.15, 0.2) is 0 Å². The number of nitrogens with two attached hydrogens (primary N) is 1. The minimum absolute atomic E-state index is 0.275. The van der Waals surface area contributed by atoms with Gasteiger partial charge >= 0.3 is 0 Å². The molecule has 0 saturated heterocycles. The van der Waals surface area contributed by atoms with Gasteiger partial charge in [0, 0.05) is 21.7 Å². The molecule has 2 heterocycles. The van der Waals surface area contributed by atoms with E-state index in [0.717, 1.165) is 24.6 Å². The van der Waals surface area contributed by atoms with Crippen molar-refractivity contribution in [2.75, 3.05) is 11.1 Å². The van der Waals surface area contributed by atoms with Gasteiger partial charge in [0.05, 0.1) is 6.54 Å². The fourth-order valence-corrected chi connectivity index (χ4v) is 2.62. The Labute approximate surface area is 118 Å². The monoisotopic (exact) mass is 276 g/mol. The first-order valence-electron chi connectivity index (χ1n) is 6.54. The highest BCUT2D eigenvalue weighted by molar-refractivity contribution is 7.12. The van der Waals surface area contributed by atoms with Crippen LogP contribution in [0.3, 0.4) is 0 Å². The maximum Gasteiger partial charge on any atom is 0.135 e. The predicted molar refractivity (Wildman–Crippen MR) is 81.6 cm³/mol. The molecule has 0 aliphatic carbocycles. The molecule has 2 aromatic heterocycles. The van der Waals surface area contributed by atoms with Crippen LogP contribution in [0.1, 0.15) is 42.3 Å². The lowest BCUT2D eigenvalue weighted by Crippen LogP contribution is -2.07. The third-order valence-corrected chi connectivity index (χ3v) is 4.02. The highest BCUT2D eigenvalue weighted by Crippen LogP contribution is 2.19. The van der Waals surface area contributed by atoms with Crippen LogP contribution in [0.15, 0.2) is 18.2 Å². The SMILES string of the molecule is CCc1ccc(CNc2cc(N)nc(C(C)C)n2)s1. The van der Waals surface area contributed by atoms with Crippen LogP contribution in [0.4, 0.5) is 11.6 Å². The molecule has 0 amide bonds. The summed E-state index contributed by atoms with van der Waals surface area (Å²) in [6, 6.07) is 6.11. The molecule has 0 spiro atoms. The number of hydrogen-bond donors (Lipinski definition) is 2. The lowest BCUT2D eigenvalue weighted by Gasteiger charge is -2.09. The third kappa shape index (κ3) is 3.67. The van der Waals surface area contributed by atoms with Crippen molar-refractivity contribution in [2.24, 2.45) is 0 Å². The molecule has 5 heteroatoms. The molecule has 3 N–H and O–H groups in total. The molecular weight excluding hydrogens is 256 g/mol. The minimum atomic E-state index is 0.275. The molecule has 4 nitrogen and oxygen atoms in total. The summed E-state index contributed by atoms with van der Waals surface area (Å²) in [6.07, 6.45) is 1.09. The Hall–Kier alpha value is -1.62. The topological polar surface area (TPSA) is 63.8 Å². The Morgan fingerprint density at radius 1 is 1.26 bits per heavy atom. The van der Waals surface area contributed by atoms with Gasteiger partial charge in [-0.15, -0.1) is 11.3 Å². The van der Waals surface area contributed by atoms with Crippen LogP contribution >= 0.6 is 11.3 Å². The maximum atomic E-state index is 5.80. The highest BCUT2D eigenvalue weighted by atomic mass is 32.1. The minimum Gasteiger partial charge on any atom is -0.384 e. The quantitative estimate of drug-likeness (QED) is 0.878. The second-order valence-corrected chi connectivity index (χ2v) is 6.02. The van der Waals surface area contributed by atoms with Crippen molar-refractivity contribution in [1.82, 2.24) is 9.97 Å². The Morgan fingerprint density at radius 3 is 2.63 bits per heavy atom. The molecule has 0 fully saturated rings. The molecule has 0 bridgehead atoms. The number of hydrogen-bond acceptors (Lipinski definition) is 5. The normalized spacial score (nSPS) is 10.9. The first-order valence-corrected chi connectivity index (χ1v) is 7.36. The number of nitrogens with one attached hydrogen (secondary N) is 1. The molecule has 0 aliphatic rings. The van der Waals surface area contributed by atoms with E-state index in [4.69, 9.17) is 5.73 Å². The van der Waals surface area contributed by atoms with Gasteiger partial charge in [-0.1, -0.05) is 20.8 Å². The molecular formula is C14H20N4S. The van der Waals surface area contributed by atoms with Gasteiger partial charge in [-0.3, -0.25) is 0 Å². The molecule has 0 unspecified atom stereocenters. The first-order chi connectivity index (χ1) is 9.08. The molecule has 0 radical (unpaired) electrons. The van der Waals surface area contributed by atoms with Crippen molar-refractivity contribution in [1.29, 1.82) is 0 Å². The number of rotatable bonds is 5. The molecule has 0 atom stereocenters. The molecule has 2 rings (SSSR count). The van der Waals surface area contributed by atoms with Gasteiger partial charge < -0.3 is 11.1 Å². The number of nitrogens with zero attached hydrogens (tertiary/aromatic N) is 2. The average molecular weight is 276 g/mol. The largest absolute Gasteiger partial charge is 0.384 e. The van der Waals surface area contributed by atoms with E-state index < -0.39 is 0 Å². The number of aromatic nitrogens is 2. The second-order valence-electron chi connectivity index (χ2n) is 4.77. The van der Waals surface area contributed by atoms with E-state index in [9.17, 15) is 0 Å². The van der Waals surface area contributed by atoms with E-state index >= 15 is 0 Å². The van der Waals surface area contributed by atoms with Gasteiger partial charge in [-0.25, -0.2) is 9.97 Å². The molecule has 19 heavy (non-hydrogen) atoms. The highest BCUT2D eigenvalue weighted by Gasteiger charge is 2.07. The molecule has 0 aliphatic heterocycles. The van der Waals surface area contributed by atoms with E-state index in [1.54, 1.807) is 6.07 Å². The van der Waals surface area contributed by atoms with Crippen LogP contribution in [-0.2, 0) is 13.0 Å². The zero-order valence-electron chi connectivity index (χ0n) is 11.6. The van der Waals surface area contributed by atoms with Gasteiger partial charge in [-0.2, -0.15) is 0 Å². The Morgan fingerprint density at radius 2 is 2.00 bits per heavy atom. The summed E-state index contributed by atoms with van der Waals surface area (Å²) in [5, 5.41) is 3.31. The van der Waals surface area contributed by atoms with E-state index in [1.807, 2.05) is 11.3 Å². The van der Waals surface area contributed by atoms with Gasteiger partial charge in [0.25, 0.3) is 0 Å². The Kier molecular flexibility index (Phi) is 4.37. The summed E-state index contributed by atoms with van der Waals surface area (Å²) in [7, 11) is 0. The summed E-state index contributed by atoms with van der Waals surface area (Å²) in [4.78, 5) is 11.4. The van der Waals surface area contributed by atoms with Crippen LogP contribution in [0, 0.1) is 0 Å². The van der Waals surface area contributed by atoms with Crippen LogP contribution < -0.4 is 11.1 Å². The van der Waals surface area contributed by atoms with Crippen LogP contribution in [0.2, 0.25) is 0 Å². The van der Waals surface area contributed by atoms with E-state index in [2.05, 4.69) is 48.2 Å². The van der Waals surface area contributed by atoms with Gasteiger partial charge in [-0.05, 0) is 18.6 Å². The van der Waals surface area contributed by atoms with E-state index in [-0.39, 0.29) is 5.92 Å². The van der Waals surface area contributed by atoms with Crippen molar-refractivity contribution in [3.63, 3.8) is 0 Å². The number of aryl methyl sites for hydroxylation is 1. The van der Waals surface area contributed by atoms with Crippen molar-refractivity contribution >= 4 is 23.0 Å². The number of thiophene rings is 1. The van der Waals surface area contributed by atoms with Crippen molar-refractivity contribution in [2.45, 2.75) is 39.7 Å². The van der Waals surface area contributed by atoms with Crippen LogP contribution in [0.5, 0.6) is 0 Å². The van der Waals surface area contributed by atoms with Crippen LogP contribution in [-0.4, -0.2) is 9.97 Å². The fourth-order valence-electron chi connectivity index (χ4n) is 1.72. The Balaban J connectivity index is 2.06. The fraction of sp³-hybridized carbons (Fsp3) is 0.429. The summed E-state index contributed by atoms with van der Waals surface area (Å²) in [6.45, 7) is 7.07. The number of nitrogen functional groups attached to an aromatic ring is 1. The summed E-state index contributed by atoms with van der Waals surface area (Å²) in [5.74, 6) is 2.37. The van der Waals surface area contributed by atoms with Crippen molar-refractivity contribution in [3.05, 3.63) is 33.8 Å². The summed E-state index contributed by atoms with van der Waals surface area (Å²) < 4.78 is 0. The molecule has 2 aromatic rings. The average Bonchev–Trinajstić information content (AvgIpc) is 2.83. The van der Waals surface area contributed by atoms with Crippen molar-refractivity contribution in [3.8, 4) is 0 Å². The third-order valence-electron chi connectivity index (χ3n) is 2.79. The molecule has 0 saturated carbocycles. The smallest absolute Gasteiger partial charge is 0.135 e. The first kappa shape index (κ1) is 13.8. The summed E-state index contributed by atoms with van der Waals surface area (Å²) >= 11 is 1.83. The second kappa shape index (κ2) is 6.02. The zero-order chi connectivity index (χ0) is 13.8. The van der Waals surface area contributed by atoms with Crippen LogP contribution in [0.25, 0.3) is 0 Å². The zero-order valence-corrected chi connectivity index (χ0v) is 12.4. The maximum absolute atomic E-state index is 5.80. The lowest BCUT2D eigenvalue weighted by atomic mass is 10.2. The van der Waals surface area contributed by atoms with Gasteiger partial charge in [0.1, 0.15) is 17.5 Å². The van der Waals surface area contributed by atoms with E-state index in [1.165, 1.54) is 9.75 Å². The number of anilines is 2. The summed E-state index contributed by atoms with van der Waals surface area (Å²) in [5.41, 5.74) is 5.80. The van der Waals surface area contributed by atoms with E-state index in [0.29, 0.717) is 5.82 Å². The molecule has 0 aromatic carbocycles. The molecule has 102 valence electrons. The van der Waals surface area contributed by atoms with Crippen molar-refractivity contribution < 1.29 is 0 Å². The van der Waals surface area contributed by atoms with Gasteiger partial charge in [0.2, 0.25) is 0 Å². The standard InChI is InChI=1S/C14H20N4S/c1-4-10-5-6-11(19-10)8-16-13-7-12(15)17-14(18-13)9(2)3/h5-7,9H,4,8H2,1-3H3,(H3,15,16,17,18).